The maximum Gasteiger partial charge on any atom is 0.238 e. The molecule has 0 radical (unpaired) electrons. The van der Waals surface area contributed by atoms with Gasteiger partial charge < -0.3 is 15.2 Å². The van der Waals surface area contributed by atoms with E-state index >= 15 is 0 Å². The summed E-state index contributed by atoms with van der Waals surface area (Å²) in [5.41, 5.74) is 0.842. The van der Waals surface area contributed by atoms with Crippen molar-refractivity contribution in [2.75, 3.05) is 25.5 Å². The van der Waals surface area contributed by atoms with Crippen molar-refractivity contribution >= 4 is 11.6 Å². The third kappa shape index (κ3) is 6.57. The monoisotopic (exact) mass is 342 g/mol. The van der Waals surface area contributed by atoms with E-state index in [0.29, 0.717) is 24.5 Å². The predicted octanol–water partition coefficient (Wildman–Crippen LogP) is 2.91. The van der Waals surface area contributed by atoms with Gasteiger partial charge in [0.1, 0.15) is 5.75 Å². The Kier molecular flexibility index (Phi) is 6.56. The number of nitrogens with zero attached hydrogens (tertiary/aromatic N) is 1. The van der Waals surface area contributed by atoms with E-state index < -0.39 is 5.60 Å². The average Bonchev–Trinajstić information content (AvgIpc) is 2.54. The first-order valence-corrected chi connectivity index (χ1v) is 8.29. The molecule has 2 aromatic carbocycles. The van der Waals surface area contributed by atoms with E-state index in [1.54, 1.807) is 33.1 Å². The lowest BCUT2D eigenvalue weighted by Gasteiger charge is -2.28. The summed E-state index contributed by atoms with van der Waals surface area (Å²) in [5.74, 6) is 0.470. The molecule has 0 saturated heterocycles. The second-order valence-electron chi connectivity index (χ2n) is 6.69. The molecule has 0 heterocycles. The number of rotatable bonds is 8. The zero-order valence-electron chi connectivity index (χ0n) is 15.0. The van der Waals surface area contributed by atoms with E-state index in [1.807, 2.05) is 47.4 Å². The minimum Gasteiger partial charge on any atom is -0.495 e. The maximum atomic E-state index is 12.5. The van der Waals surface area contributed by atoms with Crippen LogP contribution in [0.15, 0.2) is 54.6 Å². The van der Waals surface area contributed by atoms with Gasteiger partial charge in [-0.15, -0.1) is 0 Å². The van der Waals surface area contributed by atoms with Crippen molar-refractivity contribution in [3.8, 4) is 5.75 Å². The van der Waals surface area contributed by atoms with Crippen LogP contribution in [0.2, 0.25) is 0 Å². The molecular formula is C20H26N2O3. The summed E-state index contributed by atoms with van der Waals surface area (Å²) in [7, 11) is 1.57. The minimum absolute atomic E-state index is 0.148. The molecule has 0 spiro atoms. The van der Waals surface area contributed by atoms with E-state index in [9.17, 15) is 9.90 Å². The van der Waals surface area contributed by atoms with Gasteiger partial charge in [0.15, 0.2) is 0 Å². The molecule has 0 saturated carbocycles. The Hall–Kier alpha value is -2.37. The molecule has 2 aromatic rings. The van der Waals surface area contributed by atoms with Gasteiger partial charge in [0, 0.05) is 13.1 Å². The molecule has 0 aliphatic heterocycles. The topological polar surface area (TPSA) is 61.8 Å². The number of anilines is 1. The van der Waals surface area contributed by atoms with Crippen molar-refractivity contribution in [1.82, 2.24) is 4.90 Å². The predicted molar refractivity (Wildman–Crippen MR) is 99.6 cm³/mol. The van der Waals surface area contributed by atoms with Crippen LogP contribution in [0.3, 0.4) is 0 Å². The number of carbonyl (C=O) groups is 1. The highest BCUT2D eigenvalue weighted by Gasteiger charge is 2.21. The van der Waals surface area contributed by atoms with Crippen LogP contribution in [0, 0.1) is 0 Å². The molecule has 0 aromatic heterocycles. The number of aliphatic hydroxyl groups is 1. The molecule has 5 heteroatoms. The molecule has 2 N–H and O–H groups in total. The second kappa shape index (κ2) is 8.65. The van der Waals surface area contributed by atoms with E-state index in [4.69, 9.17) is 4.74 Å². The summed E-state index contributed by atoms with van der Waals surface area (Å²) in [4.78, 5) is 14.4. The van der Waals surface area contributed by atoms with Gasteiger partial charge in [0.25, 0.3) is 0 Å². The number of ether oxygens (including phenoxy) is 1. The summed E-state index contributed by atoms with van der Waals surface area (Å²) >= 11 is 0. The van der Waals surface area contributed by atoms with Crippen molar-refractivity contribution in [3.63, 3.8) is 0 Å². The number of benzene rings is 2. The van der Waals surface area contributed by atoms with Crippen LogP contribution in [0.1, 0.15) is 19.4 Å². The fourth-order valence-electron chi connectivity index (χ4n) is 2.70. The van der Waals surface area contributed by atoms with Crippen LogP contribution in [-0.4, -0.2) is 41.7 Å². The van der Waals surface area contributed by atoms with Gasteiger partial charge in [-0.05, 0) is 31.5 Å². The highest BCUT2D eigenvalue weighted by Crippen LogP contribution is 2.23. The highest BCUT2D eigenvalue weighted by molar-refractivity contribution is 5.93. The van der Waals surface area contributed by atoms with E-state index in [1.165, 1.54) is 0 Å². The Morgan fingerprint density at radius 3 is 2.40 bits per heavy atom. The first-order chi connectivity index (χ1) is 11.9. The van der Waals surface area contributed by atoms with Crippen LogP contribution in [0.5, 0.6) is 5.75 Å². The van der Waals surface area contributed by atoms with Crippen LogP contribution >= 0.6 is 0 Å². The van der Waals surface area contributed by atoms with Crippen molar-refractivity contribution in [1.29, 1.82) is 0 Å². The van der Waals surface area contributed by atoms with Crippen molar-refractivity contribution < 1.29 is 14.6 Å². The SMILES string of the molecule is COc1ccccc1NC(=O)CN(Cc1ccccc1)CC(C)(C)O. The fourth-order valence-corrected chi connectivity index (χ4v) is 2.70. The molecule has 134 valence electrons. The van der Waals surface area contributed by atoms with Crippen molar-refractivity contribution in [3.05, 3.63) is 60.2 Å². The van der Waals surface area contributed by atoms with Crippen LogP contribution < -0.4 is 10.1 Å². The molecule has 0 bridgehead atoms. The zero-order valence-corrected chi connectivity index (χ0v) is 15.0. The van der Waals surface area contributed by atoms with Gasteiger partial charge in [-0.3, -0.25) is 9.69 Å². The molecule has 0 atom stereocenters. The van der Waals surface area contributed by atoms with E-state index in [2.05, 4.69) is 5.32 Å². The number of methoxy groups -OCH3 is 1. The van der Waals surface area contributed by atoms with Gasteiger partial charge in [-0.2, -0.15) is 0 Å². The van der Waals surface area contributed by atoms with Gasteiger partial charge in [-0.25, -0.2) is 0 Å². The molecule has 5 nitrogen and oxygen atoms in total. The minimum atomic E-state index is -0.889. The number of nitrogens with one attached hydrogen (secondary N) is 1. The van der Waals surface area contributed by atoms with E-state index in [0.717, 1.165) is 5.56 Å². The van der Waals surface area contributed by atoms with E-state index in [-0.39, 0.29) is 12.5 Å². The normalized spacial score (nSPS) is 11.4. The zero-order chi connectivity index (χ0) is 18.3. The lowest BCUT2D eigenvalue weighted by molar-refractivity contribution is -0.118. The Morgan fingerprint density at radius 2 is 1.76 bits per heavy atom. The average molecular weight is 342 g/mol. The highest BCUT2D eigenvalue weighted by atomic mass is 16.5. The number of carbonyl (C=O) groups excluding carboxylic acids is 1. The Labute approximate surface area is 149 Å². The number of hydrogen-bond donors (Lipinski definition) is 2. The third-order valence-corrected chi connectivity index (χ3v) is 3.61. The largest absolute Gasteiger partial charge is 0.495 e. The van der Waals surface area contributed by atoms with Gasteiger partial charge in [0.2, 0.25) is 5.91 Å². The second-order valence-corrected chi connectivity index (χ2v) is 6.69. The lowest BCUT2D eigenvalue weighted by Crippen LogP contribution is -2.42. The molecule has 2 rings (SSSR count). The quantitative estimate of drug-likeness (QED) is 0.774. The summed E-state index contributed by atoms with van der Waals surface area (Å²) < 4.78 is 5.26. The fraction of sp³-hybridized carbons (Fsp3) is 0.350. The first-order valence-electron chi connectivity index (χ1n) is 8.29. The van der Waals surface area contributed by atoms with Crippen molar-refractivity contribution in [2.24, 2.45) is 0 Å². The summed E-state index contributed by atoms with van der Waals surface area (Å²) in [6, 6.07) is 17.2. The Morgan fingerprint density at radius 1 is 1.12 bits per heavy atom. The molecule has 1 amide bonds. The van der Waals surface area contributed by atoms with Crippen LogP contribution in [0.4, 0.5) is 5.69 Å². The Bertz CT molecular complexity index is 681. The summed E-state index contributed by atoms with van der Waals surface area (Å²) in [6.07, 6.45) is 0. The molecule has 0 unspecified atom stereocenters. The van der Waals surface area contributed by atoms with Crippen LogP contribution in [0.25, 0.3) is 0 Å². The molecule has 25 heavy (non-hydrogen) atoms. The smallest absolute Gasteiger partial charge is 0.238 e. The van der Waals surface area contributed by atoms with Crippen molar-refractivity contribution in [2.45, 2.75) is 26.0 Å². The Balaban J connectivity index is 2.05. The number of para-hydroxylation sites is 2. The first kappa shape index (κ1) is 19.0. The summed E-state index contributed by atoms with van der Waals surface area (Å²) in [5, 5.41) is 13.0. The summed E-state index contributed by atoms with van der Waals surface area (Å²) in [6.45, 7) is 4.63. The van der Waals surface area contributed by atoms with Gasteiger partial charge >= 0.3 is 0 Å². The molecular weight excluding hydrogens is 316 g/mol. The van der Waals surface area contributed by atoms with Gasteiger partial charge in [-0.1, -0.05) is 42.5 Å². The standard InChI is InChI=1S/C20H26N2O3/c1-20(2,24)15-22(13-16-9-5-4-6-10-16)14-19(23)21-17-11-7-8-12-18(17)25-3/h4-12,24H,13-15H2,1-3H3,(H,21,23). The lowest BCUT2D eigenvalue weighted by atomic mass is 10.1. The third-order valence-electron chi connectivity index (χ3n) is 3.61. The molecule has 0 aliphatic carbocycles. The molecule has 0 fully saturated rings. The molecule has 0 aliphatic rings. The van der Waals surface area contributed by atoms with Gasteiger partial charge in [0.05, 0.1) is 24.9 Å². The van der Waals surface area contributed by atoms with Crippen LogP contribution in [-0.2, 0) is 11.3 Å². The number of hydrogen-bond acceptors (Lipinski definition) is 4. The number of amides is 1. The maximum absolute atomic E-state index is 12.5.